The van der Waals surface area contributed by atoms with Crippen LogP contribution in [0.4, 0.5) is 0 Å². The maximum Gasteiger partial charge on any atom is 0.0403 e. The van der Waals surface area contributed by atoms with Crippen LogP contribution in [0.2, 0.25) is 0 Å². The summed E-state index contributed by atoms with van der Waals surface area (Å²) in [4.78, 5) is 6.50. The first-order valence-electron chi connectivity index (χ1n) is 4.83. The van der Waals surface area contributed by atoms with Crippen molar-refractivity contribution in [1.29, 1.82) is 0 Å². The van der Waals surface area contributed by atoms with E-state index in [4.69, 9.17) is 0 Å². The van der Waals surface area contributed by atoms with Crippen molar-refractivity contribution in [2.24, 2.45) is 0 Å². The number of nitrogens with zero attached hydrogens (tertiary/aromatic N) is 2. The molecule has 1 aromatic heterocycles. The Kier molecular flexibility index (Phi) is 4.47. The van der Waals surface area contributed by atoms with Crippen molar-refractivity contribution in [1.82, 2.24) is 9.88 Å². The SMILES string of the molecule is CN(C)CCCCc1ccccn1. The lowest BCUT2D eigenvalue weighted by atomic mass is 10.2. The monoisotopic (exact) mass is 178 g/mol. The number of hydrogen-bond donors (Lipinski definition) is 0. The van der Waals surface area contributed by atoms with E-state index in [1.807, 2.05) is 18.3 Å². The number of rotatable bonds is 5. The molecule has 0 aliphatic heterocycles. The van der Waals surface area contributed by atoms with Crippen LogP contribution in [0.25, 0.3) is 0 Å². The summed E-state index contributed by atoms with van der Waals surface area (Å²) in [6, 6.07) is 6.10. The molecule has 0 amide bonds. The molecule has 0 N–H and O–H groups in total. The van der Waals surface area contributed by atoms with E-state index in [0.717, 1.165) is 6.42 Å². The summed E-state index contributed by atoms with van der Waals surface area (Å²) in [5, 5.41) is 0. The minimum absolute atomic E-state index is 1.11. The van der Waals surface area contributed by atoms with Crippen molar-refractivity contribution in [2.75, 3.05) is 20.6 Å². The molecular weight excluding hydrogens is 160 g/mol. The molecule has 0 unspecified atom stereocenters. The van der Waals surface area contributed by atoms with E-state index in [9.17, 15) is 0 Å². The molecule has 0 saturated heterocycles. The number of hydrogen-bond acceptors (Lipinski definition) is 2. The van der Waals surface area contributed by atoms with Gasteiger partial charge in [-0.05, 0) is 52.0 Å². The van der Waals surface area contributed by atoms with Crippen LogP contribution in [-0.2, 0) is 6.42 Å². The van der Waals surface area contributed by atoms with Crippen molar-refractivity contribution in [3.05, 3.63) is 30.1 Å². The lowest BCUT2D eigenvalue weighted by Gasteiger charge is -2.08. The van der Waals surface area contributed by atoms with Gasteiger partial charge in [-0.25, -0.2) is 0 Å². The Morgan fingerprint density at radius 2 is 2.08 bits per heavy atom. The highest BCUT2D eigenvalue weighted by molar-refractivity contribution is 5.03. The highest BCUT2D eigenvalue weighted by Crippen LogP contribution is 2.01. The van der Waals surface area contributed by atoms with E-state index in [1.165, 1.54) is 25.1 Å². The number of unbranched alkanes of at least 4 members (excludes halogenated alkanes) is 1. The van der Waals surface area contributed by atoms with Crippen molar-refractivity contribution >= 4 is 0 Å². The summed E-state index contributed by atoms with van der Waals surface area (Å²) >= 11 is 0. The maximum atomic E-state index is 4.28. The van der Waals surface area contributed by atoms with E-state index in [1.54, 1.807) is 0 Å². The Balaban J connectivity index is 2.13. The van der Waals surface area contributed by atoms with Crippen LogP contribution in [0.3, 0.4) is 0 Å². The van der Waals surface area contributed by atoms with Gasteiger partial charge < -0.3 is 4.90 Å². The standard InChI is InChI=1S/C11H18N2/c1-13(2)10-6-4-8-11-7-3-5-9-12-11/h3,5,7,9H,4,6,8,10H2,1-2H3. The fourth-order valence-corrected chi connectivity index (χ4v) is 1.28. The number of aromatic nitrogens is 1. The van der Waals surface area contributed by atoms with Crippen LogP contribution in [0.1, 0.15) is 18.5 Å². The van der Waals surface area contributed by atoms with Crippen molar-refractivity contribution in [2.45, 2.75) is 19.3 Å². The third-order valence-electron chi connectivity index (χ3n) is 2.01. The average molecular weight is 178 g/mol. The van der Waals surface area contributed by atoms with Gasteiger partial charge in [0, 0.05) is 11.9 Å². The van der Waals surface area contributed by atoms with Crippen LogP contribution in [0.15, 0.2) is 24.4 Å². The highest BCUT2D eigenvalue weighted by Gasteiger charge is 1.94. The van der Waals surface area contributed by atoms with E-state index in [0.29, 0.717) is 0 Å². The number of pyridine rings is 1. The quantitative estimate of drug-likeness (QED) is 0.641. The molecule has 2 heteroatoms. The molecule has 0 radical (unpaired) electrons. The van der Waals surface area contributed by atoms with Crippen LogP contribution in [0, 0.1) is 0 Å². The Morgan fingerprint density at radius 1 is 1.23 bits per heavy atom. The molecular formula is C11H18N2. The molecule has 1 rings (SSSR count). The van der Waals surface area contributed by atoms with Gasteiger partial charge in [-0.2, -0.15) is 0 Å². The fourth-order valence-electron chi connectivity index (χ4n) is 1.28. The van der Waals surface area contributed by atoms with Gasteiger partial charge in [0.1, 0.15) is 0 Å². The second-order valence-electron chi connectivity index (χ2n) is 3.58. The smallest absolute Gasteiger partial charge is 0.0403 e. The predicted molar refractivity (Wildman–Crippen MR) is 55.7 cm³/mol. The van der Waals surface area contributed by atoms with Gasteiger partial charge in [0.25, 0.3) is 0 Å². The molecule has 0 bridgehead atoms. The Bertz CT molecular complexity index is 219. The third-order valence-corrected chi connectivity index (χ3v) is 2.01. The zero-order chi connectivity index (χ0) is 9.52. The summed E-state index contributed by atoms with van der Waals surface area (Å²) in [5.41, 5.74) is 1.21. The summed E-state index contributed by atoms with van der Waals surface area (Å²) in [6.07, 6.45) is 5.45. The lowest BCUT2D eigenvalue weighted by molar-refractivity contribution is 0.394. The molecule has 1 aromatic rings. The molecule has 0 aliphatic carbocycles. The topological polar surface area (TPSA) is 16.1 Å². The Morgan fingerprint density at radius 3 is 2.69 bits per heavy atom. The van der Waals surface area contributed by atoms with E-state index >= 15 is 0 Å². The molecule has 2 nitrogen and oxygen atoms in total. The summed E-state index contributed by atoms with van der Waals surface area (Å²) in [5.74, 6) is 0. The van der Waals surface area contributed by atoms with Crippen molar-refractivity contribution in [3.8, 4) is 0 Å². The number of aryl methyl sites for hydroxylation is 1. The molecule has 0 atom stereocenters. The minimum Gasteiger partial charge on any atom is -0.309 e. The van der Waals surface area contributed by atoms with Gasteiger partial charge in [0.15, 0.2) is 0 Å². The summed E-state index contributed by atoms with van der Waals surface area (Å²) in [7, 11) is 4.22. The zero-order valence-corrected chi connectivity index (χ0v) is 8.53. The fraction of sp³-hybridized carbons (Fsp3) is 0.545. The summed E-state index contributed by atoms with van der Waals surface area (Å²) in [6.45, 7) is 1.17. The molecule has 0 fully saturated rings. The lowest BCUT2D eigenvalue weighted by Crippen LogP contribution is -2.12. The summed E-state index contributed by atoms with van der Waals surface area (Å²) < 4.78 is 0. The first-order valence-corrected chi connectivity index (χ1v) is 4.83. The van der Waals surface area contributed by atoms with E-state index in [-0.39, 0.29) is 0 Å². The van der Waals surface area contributed by atoms with E-state index < -0.39 is 0 Å². The van der Waals surface area contributed by atoms with Gasteiger partial charge in [0.05, 0.1) is 0 Å². The van der Waals surface area contributed by atoms with Gasteiger partial charge in [-0.1, -0.05) is 6.07 Å². The maximum absolute atomic E-state index is 4.28. The first kappa shape index (κ1) is 10.2. The van der Waals surface area contributed by atoms with Crippen LogP contribution in [0.5, 0.6) is 0 Å². The molecule has 0 spiro atoms. The van der Waals surface area contributed by atoms with Crippen LogP contribution < -0.4 is 0 Å². The molecule has 72 valence electrons. The first-order chi connectivity index (χ1) is 6.29. The Hall–Kier alpha value is -0.890. The molecule has 0 aromatic carbocycles. The van der Waals surface area contributed by atoms with Crippen LogP contribution >= 0.6 is 0 Å². The molecule has 13 heavy (non-hydrogen) atoms. The molecule has 0 saturated carbocycles. The second-order valence-corrected chi connectivity index (χ2v) is 3.58. The normalized spacial score (nSPS) is 10.7. The van der Waals surface area contributed by atoms with Crippen molar-refractivity contribution < 1.29 is 0 Å². The molecule has 1 heterocycles. The van der Waals surface area contributed by atoms with Crippen LogP contribution in [-0.4, -0.2) is 30.5 Å². The average Bonchev–Trinajstić information content (AvgIpc) is 2.14. The Labute approximate surface area is 80.6 Å². The minimum atomic E-state index is 1.11. The van der Waals surface area contributed by atoms with Gasteiger partial charge in [-0.15, -0.1) is 0 Å². The largest absolute Gasteiger partial charge is 0.309 e. The van der Waals surface area contributed by atoms with Gasteiger partial charge in [-0.3, -0.25) is 4.98 Å². The predicted octanol–water partition coefficient (Wildman–Crippen LogP) is 1.97. The molecule has 0 aliphatic rings. The van der Waals surface area contributed by atoms with E-state index in [2.05, 4.69) is 30.0 Å². The van der Waals surface area contributed by atoms with Crippen molar-refractivity contribution in [3.63, 3.8) is 0 Å². The highest BCUT2D eigenvalue weighted by atomic mass is 15.0. The zero-order valence-electron chi connectivity index (χ0n) is 8.53. The van der Waals surface area contributed by atoms with Gasteiger partial charge in [0.2, 0.25) is 0 Å². The van der Waals surface area contributed by atoms with Gasteiger partial charge >= 0.3 is 0 Å². The second kappa shape index (κ2) is 5.70. The third kappa shape index (κ3) is 4.63.